The minimum atomic E-state index is 0.634. The van der Waals surface area contributed by atoms with E-state index in [0.29, 0.717) is 12.0 Å². The van der Waals surface area contributed by atoms with Gasteiger partial charge in [-0.15, -0.1) is 0 Å². The Labute approximate surface area is 99.3 Å². The van der Waals surface area contributed by atoms with Crippen LogP contribution >= 0.6 is 0 Å². The normalized spacial score (nSPS) is 17.8. The van der Waals surface area contributed by atoms with Gasteiger partial charge in [-0.05, 0) is 37.7 Å². The molecule has 0 amide bonds. The van der Waals surface area contributed by atoms with Gasteiger partial charge < -0.3 is 5.32 Å². The molecular weight excluding hydrogens is 194 g/mol. The number of rotatable bonds is 5. The van der Waals surface area contributed by atoms with Crippen LogP contribution in [0.4, 0.5) is 0 Å². The van der Waals surface area contributed by atoms with Gasteiger partial charge in [-0.3, -0.25) is 0 Å². The molecule has 1 nitrogen and oxygen atoms in total. The van der Waals surface area contributed by atoms with Crippen molar-refractivity contribution in [2.45, 2.75) is 52.1 Å². The first-order chi connectivity index (χ1) is 7.65. The summed E-state index contributed by atoms with van der Waals surface area (Å²) in [6, 6.07) is 10.4. The average molecular weight is 217 g/mol. The third-order valence-electron chi connectivity index (χ3n) is 3.41. The molecule has 1 aromatic carbocycles. The monoisotopic (exact) mass is 217 g/mol. The van der Waals surface area contributed by atoms with Gasteiger partial charge in [0.15, 0.2) is 0 Å². The number of hydrogen-bond acceptors (Lipinski definition) is 1. The minimum Gasteiger partial charge on any atom is -0.311 e. The molecule has 1 saturated carbocycles. The van der Waals surface area contributed by atoms with E-state index in [9.17, 15) is 0 Å². The van der Waals surface area contributed by atoms with Crippen LogP contribution in [0.25, 0.3) is 0 Å². The molecule has 1 N–H and O–H groups in total. The van der Waals surface area contributed by atoms with Gasteiger partial charge in [0.25, 0.3) is 0 Å². The van der Waals surface area contributed by atoms with Crippen LogP contribution in [0, 0.1) is 12.8 Å². The fraction of sp³-hybridized carbons (Fsp3) is 0.600. The first-order valence-corrected chi connectivity index (χ1v) is 6.47. The first kappa shape index (κ1) is 11.7. The molecule has 1 fully saturated rings. The summed E-state index contributed by atoms with van der Waals surface area (Å²) in [5.74, 6) is 0.710. The predicted octanol–water partition coefficient (Wildman–Crippen LogP) is 3.31. The Morgan fingerprint density at radius 1 is 1.19 bits per heavy atom. The van der Waals surface area contributed by atoms with E-state index in [4.69, 9.17) is 0 Å². The van der Waals surface area contributed by atoms with Crippen molar-refractivity contribution >= 4 is 0 Å². The maximum Gasteiger partial charge on any atom is 0.0133 e. The fourth-order valence-corrected chi connectivity index (χ4v) is 2.02. The summed E-state index contributed by atoms with van der Waals surface area (Å²) in [6.45, 7) is 6.77. The zero-order chi connectivity index (χ0) is 11.5. The molecule has 16 heavy (non-hydrogen) atoms. The van der Waals surface area contributed by atoms with Gasteiger partial charge >= 0.3 is 0 Å². The zero-order valence-electron chi connectivity index (χ0n) is 10.7. The largest absolute Gasteiger partial charge is 0.311 e. The number of hydrogen-bond donors (Lipinski definition) is 1. The number of aryl methyl sites for hydroxylation is 1. The molecule has 0 spiro atoms. The molecule has 0 aromatic heterocycles. The molecule has 1 aliphatic carbocycles. The topological polar surface area (TPSA) is 12.0 Å². The Kier molecular flexibility index (Phi) is 3.65. The third-order valence-corrected chi connectivity index (χ3v) is 3.41. The maximum absolute atomic E-state index is 3.75. The van der Waals surface area contributed by atoms with E-state index in [1.165, 1.54) is 24.0 Å². The Hall–Kier alpha value is -0.820. The van der Waals surface area contributed by atoms with Crippen molar-refractivity contribution in [1.82, 2.24) is 5.32 Å². The van der Waals surface area contributed by atoms with Gasteiger partial charge in [-0.1, -0.05) is 43.7 Å². The van der Waals surface area contributed by atoms with Crippen molar-refractivity contribution in [3.8, 4) is 0 Å². The van der Waals surface area contributed by atoms with Crippen LogP contribution in [0.15, 0.2) is 24.3 Å². The Morgan fingerprint density at radius 3 is 2.31 bits per heavy atom. The highest BCUT2D eigenvalue weighted by molar-refractivity contribution is 5.22. The first-order valence-electron chi connectivity index (χ1n) is 6.47. The van der Waals surface area contributed by atoms with Crippen LogP contribution in [0.3, 0.4) is 0 Å². The Balaban J connectivity index is 1.95. The third kappa shape index (κ3) is 3.34. The highest BCUT2D eigenvalue weighted by atomic mass is 15.0. The van der Waals surface area contributed by atoms with E-state index >= 15 is 0 Å². The van der Waals surface area contributed by atoms with Crippen LogP contribution in [0.1, 0.15) is 37.8 Å². The van der Waals surface area contributed by atoms with E-state index < -0.39 is 0 Å². The summed E-state index contributed by atoms with van der Waals surface area (Å²) < 4.78 is 0. The molecule has 1 heteroatoms. The van der Waals surface area contributed by atoms with Gasteiger partial charge in [0, 0.05) is 12.1 Å². The van der Waals surface area contributed by atoms with Gasteiger partial charge in [-0.25, -0.2) is 0 Å². The van der Waals surface area contributed by atoms with Crippen molar-refractivity contribution < 1.29 is 0 Å². The van der Waals surface area contributed by atoms with Gasteiger partial charge in [-0.2, -0.15) is 0 Å². The molecule has 2 rings (SSSR count). The van der Waals surface area contributed by atoms with Crippen molar-refractivity contribution in [2.75, 3.05) is 0 Å². The van der Waals surface area contributed by atoms with Crippen LogP contribution in [-0.4, -0.2) is 12.1 Å². The Morgan fingerprint density at radius 2 is 1.81 bits per heavy atom. The molecule has 0 saturated heterocycles. The standard InChI is InChI=1S/C15H23N/c1-11(2)15(16-14-8-9-14)10-13-6-4-12(3)5-7-13/h4-7,11,14-16H,8-10H2,1-3H3. The average Bonchev–Trinajstić information content (AvgIpc) is 3.04. The lowest BCUT2D eigenvalue weighted by Crippen LogP contribution is -2.37. The fourth-order valence-electron chi connectivity index (χ4n) is 2.02. The highest BCUT2D eigenvalue weighted by Gasteiger charge is 2.25. The molecule has 0 radical (unpaired) electrons. The van der Waals surface area contributed by atoms with Crippen molar-refractivity contribution in [2.24, 2.45) is 5.92 Å². The van der Waals surface area contributed by atoms with Gasteiger partial charge in [0.2, 0.25) is 0 Å². The van der Waals surface area contributed by atoms with E-state index in [2.05, 4.69) is 50.4 Å². The predicted molar refractivity (Wildman–Crippen MR) is 69.7 cm³/mol. The summed E-state index contributed by atoms with van der Waals surface area (Å²) in [5.41, 5.74) is 2.80. The maximum atomic E-state index is 3.75. The summed E-state index contributed by atoms with van der Waals surface area (Å²) in [4.78, 5) is 0. The lowest BCUT2D eigenvalue weighted by Gasteiger charge is -2.22. The van der Waals surface area contributed by atoms with Crippen molar-refractivity contribution in [3.05, 3.63) is 35.4 Å². The van der Waals surface area contributed by atoms with E-state index in [0.717, 1.165) is 12.5 Å². The second kappa shape index (κ2) is 5.01. The summed E-state index contributed by atoms with van der Waals surface area (Å²) in [7, 11) is 0. The smallest absolute Gasteiger partial charge is 0.0133 e. The quantitative estimate of drug-likeness (QED) is 0.798. The van der Waals surface area contributed by atoms with Gasteiger partial charge in [0.1, 0.15) is 0 Å². The molecule has 0 bridgehead atoms. The molecule has 1 atom stereocenters. The van der Waals surface area contributed by atoms with E-state index in [1.54, 1.807) is 0 Å². The number of benzene rings is 1. The molecule has 0 aliphatic heterocycles. The van der Waals surface area contributed by atoms with E-state index in [-0.39, 0.29) is 0 Å². The summed E-state index contributed by atoms with van der Waals surface area (Å²) in [6.07, 6.45) is 3.91. The SMILES string of the molecule is Cc1ccc(CC(NC2CC2)C(C)C)cc1. The van der Waals surface area contributed by atoms with Gasteiger partial charge in [0.05, 0.1) is 0 Å². The van der Waals surface area contributed by atoms with Crippen molar-refractivity contribution in [1.29, 1.82) is 0 Å². The summed E-state index contributed by atoms with van der Waals surface area (Å²) in [5, 5.41) is 3.75. The molecule has 1 aromatic rings. The summed E-state index contributed by atoms with van der Waals surface area (Å²) >= 11 is 0. The molecular formula is C15H23N. The molecule has 88 valence electrons. The lowest BCUT2D eigenvalue weighted by molar-refractivity contribution is 0.394. The molecule has 0 heterocycles. The van der Waals surface area contributed by atoms with Crippen LogP contribution in [-0.2, 0) is 6.42 Å². The highest BCUT2D eigenvalue weighted by Crippen LogP contribution is 2.22. The second-order valence-corrected chi connectivity index (χ2v) is 5.48. The van der Waals surface area contributed by atoms with Crippen molar-refractivity contribution in [3.63, 3.8) is 0 Å². The lowest BCUT2D eigenvalue weighted by atomic mass is 9.96. The zero-order valence-corrected chi connectivity index (χ0v) is 10.7. The second-order valence-electron chi connectivity index (χ2n) is 5.48. The Bertz CT molecular complexity index is 322. The number of nitrogens with one attached hydrogen (secondary N) is 1. The van der Waals surface area contributed by atoms with Crippen LogP contribution in [0.2, 0.25) is 0 Å². The molecule has 1 aliphatic rings. The minimum absolute atomic E-state index is 0.634. The van der Waals surface area contributed by atoms with Crippen LogP contribution in [0.5, 0.6) is 0 Å². The van der Waals surface area contributed by atoms with E-state index in [1.807, 2.05) is 0 Å². The van der Waals surface area contributed by atoms with Crippen LogP contribution < -0.4 is 5.32 Å². The molecule has 1 unspecified atom stereocenters.